The summed E-state index contributed by atoms with van der Waals surface area (Å²) < 4.78 is 65.1. The molecule has 2 heterocycles. The highest BCUT2D eigenvalue weighted by molar-refractivity contribution is 7.92. The monoisotopic (exact) mass is 501 g/mol. The number of alkyl halides is 3. The number of hydrogen-bond donors (Lipinski definition) is 1. The second-order valence-corrected chi connectivity index (χ2v) is 10.7. The number of fused-ring (bicyclic) bond motifs is 2. The lowest BCUT2D eigenvalue weighted by Gasteiger charge is -2.54. The lowest BCUT2D eigenvalue weighted by Crippen LogP contribution is -2.63. The minimum atomic E-state index is -4.64. The number of aliphatic hydroxyl groups is 1. The van der Waals surface area contributed by atoms with Gasteiger partial charge in [0.25, 0.3) is 0 Å². The molecule has 2 aliphatic heterocycles. The van der Waals surface area contributed by atoms with Crippen molar-refractivity contribution < 1.29 is 36.0 Å². The van der Waals surface area contributed by atoms with Gasteiger partial charge in [0, 0.05) is 13.0 Å². The Bertz CT molecular complexity index is 1160. The van der Waals surface area contributed by atoms with E-state index < -0.39 is 30.9 Å². The quantitative estimate of drug-likeness (QED) is 0.482. The minimum Gasteiger partial charge on any atom is -0.632 e. The number of hydrogen-bond acceptors (Lipinski definition) is 6. The van der Waals surface area contributed by atoms with Crippen LogP contribution in [0.15, 0.2) is 52.3 Å². The maximum atomic E-state index is 13.4. The summed E-state index contributed by atoms with van der Waals surface area (Å²) >= 11 is 0. The van der Waals surface area contributed by atoms with Gasteiger partial charge in [-0.05, 0) is 30.3 Å². The van der Waals surface area contributed by atoms with Crippen LogP contribution in [0, 0.1) is 10.4 Å². The Labute approximate surface area is 195 Å². The highest BCUT2D eigenvalue weighted by Gasteiger charge is 2.38. The van der Waals surface area contributed by atoms with E-state index in [1.54, 1.807) is 12.1 Å². The molecule has 2 aromatic rings. The first-order valence-corrected chi connectivity index (χ1v) is 12.4. The predicted octanol–water partition coefficient (Wildman–Crippen LogP) is 3.01. The van der Waals surface area contributed by atoms with Crippen molar-refractivity contribution in [3.8, 4) is 0 Å². The minimum absolute atomic E-state index is 0.00342. The van der Waals surface area contributed by atoms with E-state index in [1.165, 1.54) is 17.0 Å². The van der Waals surface area contributed by atoms with Crippen LogP contribution in [0.4, 0.5) is 24.5 Å². The van der Waals surface area contributed by atoms with Crippen LogP contribution in [0.25, 0.3) is 0 Å². The molecule has 0 bridgehead atoms. The number of anilines is 2. The van der Waals surface area contributed by atoms with Gasteiger partial charge >= 0.3 is 6.18 Å². The van der Waals surface area contributed by atoms with E-state index in [4.69, 9.17) is 5.11 Å². The van der Waals surface area contributed by atoms with E-state index in [1.807, 2.05) is 0 Å². The van der Waals surface area contributed by atoms with Gasteiger partial charge in [0.1, 0.15) is 32.7 Å². The first-order chi connectivity index (χ1) is 15.9. The zero-order valence-corrected chi connectivity index (χ0v) is 19.2. The Hall–Kier alpha value is -2.22. The normalized spacial score (nSPS) is 26.1. The Morgan fingerprint density at radius 2 is 1.50 bits per heavy atom. The maximum absolute atomic E-state index is 13.4. The van der Waals surface area contributed by atoms with Gasteiger partial charge in [-0.1, -0.05) is 12.1 Å². The van der Waals surface area contributed by atoms with Gasteiger partial charge in [0.05, 0.1) is 39.9 Å². The van der Waals surface area contributed by atoms with Gasteiger partial charge < -0.3 is 29.7 Å². The van der Waals surface area contributed by atoms with E-state index in [9.17, 15) is 32.0 Å². The van der Waals surface area contributed by atoms with Crippen LogP contribution in [0.3, 0.4) is 0 Å². The fourth-order valence-electron chi connectivity index (χ4n) is 4.63. The first kappa shape index (κ1) is 24.9. The molecule has 2 aliphatic rings. The van der Waals surface area contributed by atoms with Crippen LogP contribution in [0.1, 0.15) is 12.0 Å². The molecule has 0 atom stereocenters. The molecule has 186 valence electrons. The van der Waals surface area contributed by atoms with Gasteiger partial charge in [0.2, 0.25) is 9.84 Å². The third-order valence-electron chi connectivity index (χ3n) is 6.60. The maximum Gasteiger partial charge on any atom is 0.416 e. The third-order valence-corrected chi connectivity index (χ3v) is 8.45. The zero-order chi connectivity index (χ0) is 24.8. The lowest BCUT2D eigenvalue weighted by molar-refractivity contribution is -0.989. The summed E-state index contributed by atoms with van der Waals surface area (Å²) in [6, 6.07) is 8.69. The summed E-state index contributed by atoms with van der Waals surface area (Å²) in [7, 11) is -4.00. The van der Waals surface area contributed by atoms with Crippen molar-refractivity contribution in [3.63, 3.8) is 0 Å². The van der Waals surface area contributed by atoms with Gasteiger partial charge in [-0.15, -0.1) is 0 Å². The van der Waals surface area contributed by atoms with Crippen molar-refractivity contribution in [1.29, 1.82) is 0 Å². The number of quaternary nitrogens is 2. The van der Waals surface area contributed by atoms with Crippen LogP contribution in [-0.2, 0) is 16.0 Å². The summed E-state index contributed by atoms with van der Waals surface area (Å²) in [4.78, 5) is 1.32. The number of halogens is 3. The largest absolute Gasteiger partial charge is 0.632 e. The fourth-order valence-corrected chi connectivity index (χ4v) is 6.27. The second-order valence-electron chi connectivity index (χ2n) is 8.84. The number of sulfone groups is 1. The van der Waals surface area contributed by atoms with E-state index >= 15 is 0 Å². The highest BCUT2D eigenvalue weighted by atomic mass is 32.2. The fraction of sp³-hybridized carbons (Fsp3) is 0.455. The number of hydroxylamine groups is 6. The van der Waals surface area contributed by atoms with Crippen molar-refractivity contribution in [3.05, 3.63) is 58.4 Å². The average Bonchev–Trinajstić information content (AvgIpc) is 2.78. The van der Waals surface area contributed by atoms with Crippen molar-refractivity contribution in [2.24, 2.45) is 0 Å². The van der Waals surface area contributed by atoms with Crippen LogP contribution < -0.4 is 4.90 Å². The van der Waals surface area contributed by atoms with Gasteiger partial charge in [-0.2, -0.15) is 13.2 Å². The Morgan fingerprint density at radius 3 is 2.12 bits per heavy atom. The average molecular weight is 502 g/mol. The van der Waals surface area contributed by atoms with Crippen molar-refractivity contribution >= 4 is 21.2 Å². The molecule has 0 aromatic heterocycles. The molecule has 0 radical (unpaired) electrons. The lowest BCUT2D eigenvalue weighted by atomic mass is 10.1. The highest BCUT2D eigenvalue weighted by Crippen LogP contribution is 2.46. The molecule has 8 nitrogen and oxygen atoms in total. The van der Waals surface area contributed by atoms with Gasteiger partial charge in [-0.3, -0.25) is 0 Å². The Kier molecular flexibility index (Phi) is 6.42. The molecule has 0 spiro atoms. The number of piperazine rings is 1. The molecule has 0 amide bonds. The molecule has 34 heavy (non-hydrogen) atoms. The van der Waals surface area contributed by atoms with Gasteiger partial charge in [0.15, 0.2) is 0 Å². The molecule has 1 N–H and O–H groups in total. The number of rotatable bonds is 6. The number of nitrogens with zero attached hydrogens (tertiary/aromatic N) is 3. The molecular formula is C22H26F3N3O5S. The molecule has 1 saturated heterocycles. The van der Waals surface area contributed by atoms with Gasteiger partial charge in [-0.25, -0.2) is 8.42 Å². The molecule has 0 unspecified atom stereocenters. The number of benzene rings is 2. The Morgan fingerprint density at radius 1 is 0.912 bits per heavy atom. The van der Waals surface area contributed by atoms with Crippen LogP contribution in [0.5, 0.6) is 0 Å². The zero-order valence-electron chi connectivity index (χ0n) is 18.4. The first-order valence-electron chi connectivity index (χ1n) is 11.0. The van der Waals surface area contributed by atoms with E-state index in [0.29, 0.717) is 0 Å². The van der Waals surface area contributed by atoms with E-state index in [0.717, 1.165) is 18.2 Å². The van der Waals surface area contributed by atoms with E-state index in [-0.39, 0.29) is 80.0 Å². The standard InChI is InChI=1S/C22H26F3N3O5S/c23-22(24,25)17-6-7-21-19(16-17)26(18-4-1-2-5-20(18)34(21,32)33)8-3-9-27(30)10-12-28(31,13-11-27)14-15-29/h1-2,4-7,16,29H,3,8-15H2. The molecular weight excluding hydrogens is 475 g/mol. The molecule has 0 saturated carbocycles. The van der Waals surface area contributed by atoms with Crippen molar-refractivity contribution in [2.45, 2.75) is 22.4 Å². The molecule has 1 fully saturated rings. The molecule has 12 heteroatoms. The summed E-state index contributed by atoms with van der Waals surface area (Å²) in [5, 5.41) is 34.6. The predicted molar refractivity (Wildman–Crippen MR) is 119 cm³/mol. The third kappa shape index (κ3) is 4.66. The SMILES string of the molecule is O=S1(=O)c2ccccc2N(CCC[N+]2([O-])CC[N+]([O-])(CCO)CC2)c2cc(C(F)(F)F)ccc21. The Balaban J connectivity index is 1.59. The van der Waals surface area contributed by atoms with Crippen molar-refractivity contribution in [1.82, 2.24) is 0 Å². The molecule has 4 rings (SSSR count). The topological polar surface area (TPSA) is 104 Å². The van der Waals surface area contributed by atoms with E-state index in [2.05, 4.69) is 0 Å². The van der Waals surface area contributed by atoms with Crippen molar-refractivity contribution in [2.75, 3.05) is 57.3 Å². The second kappa shape index (κ2) is 8.77. The van der Waals surface area contributed by atoms with Crippen LogP contribution in [-0.4, -0.2) is 75.2 Å². The smallest absolute Gasteiger partial charge is 0.416 e. The number of aliphatic hydroxyl groups excluding tert-OH is 1. The summed E-state index contributed by atoms with van der Waals surface area (Å²) in [6.45, 7) is 0.415. The summed E-state index contributed by atoms with van der Waals surface area (Å²) in [5.74, 6) is 0. The molecule has 0 aliphatic carbocycles. The van der Waals surface area contributed by atoms with Crippen LogP contribution >= 0.6 is 0 Å². The molecule has 2 aromatic carbocycles. The summed E-state index contributed by atoms with van der Waals surface area (Å²) in [5.41, 5.74) is -0.756. The summed E-state index contributed by atoms with van der Waals surface area (Å²) in [6.07, 6.45) is -4.36. The number of para-hydroxylation sites is 1. The van der Waals surface area contributed by atoms with Crippen LogP contribution in [0.2, 0.25) is 0 Å².